The first kappa shape index (κ1) is 17.1. The number of rotatable bonds is 3. The maximum atomic E-state index is 12.1. The molecule has 0 aliphatic carbocycles. The Labute approximate surface area is 126 Å². The predicted octanol–water partition coefficient (Wildman–Crippen LogP) is 3.48. The Morgan fingerprint density at radius 2 is 1.86 bits per heavy atom. The lowest BCUT2D eigenvalue weighted by atomic mass is 10.0. The average molecular weight is 292 g/mol. The lowest BCUT2D eigenvalue weighted by molar-refractivity contribution is -0.384. The highest BCUT2D eigenvalue weighted by molar-refractivity contribution is 5.79. The first-order valence-electron chi connectivity index (χ1n) is 7.59. The topological polar surface area (TPSA) is 63.5 Å². The summed E-state index contributed by atoms with van der Waals surface area (Å²) >= 11 is 0. The molecular weight excluding hydrogens is 268 g/mol. The maximum Gasteiger partial charge on any atom is 0.269 e. The number of nitro benzene ring substituents is 1. The van der Waals surface area contributed by atoms with Crippen LogP contribution in [-0.2, 0) is 11.2 Å². The summed E-state index contributed by atoms with van der Waals surface area (Å²) in [4.78, 5) is 24.3. The van der Waals surface area contributed by atoms with Crippen LogP contribution in [-0.4, -0.2) is 28.8 Å². The van der Waals surface area contributed by atoms with E-state index in [9.17, 15) is 14.9 Å². The minimum atomic E-state index is -0.413. The number of nitrogens with zero attached hydrogens (tertiary/aromatic N) is 2. The summed E-state index contributed by atoms with van der Waals surface area (Å²) < 4.78 is 0. The number of carbonyl (C=O) groups is 1. The highest BCUT2D eigenvalue weighted by atomic mass is 16.6. The van der Waals surface area contributed by atoms with E-state index in [4.69, 9.17) is 0 Å². The first-order valence-corrected chi connectivity index (χ1v) is 7.59. The molecule has 0 saturated carbocycles. The molecule has 0 spiro atoms. The van der Waals surface area contributed by atoms with Crippen LogP contribution >= 0.6 is 0 Å². The molecule has 5 heteroatoms. The highest BCUT2D eigenvalue weighted by Gasteiger charge is 2.18. The fraction of sp³-hybridized carbons (Fsp3) is 0.562. The Bertz CT molecular complexity index is 494. The van der Waals surface area contributed by atoms with Gasteiger partial charge in [-0.2, -0.15) is 0 Å². The monoisotopic (exact) mass is 292 g/mol. The zero-order valence-corrected chi connectivity index (χ0v) is 13.1. The number of hydrogen-bond donors (Lipinski definition) is 0. The lowest BCUT2D eigenvalue weighted by Gasteiger charge is -2.27. The number of aryl methyl sites for hydroxylation is 1. The van der Waals surface area contributed by atoms with Crippen LogP contribution in [0.5, 0.6) is 0 Å². The Hall–Kier alpha value is -1.91. The van der Waals surface area contributed by atoms with Crippen LogP contribution in [0.4, 0.5) is 5.69 Å². The van der Waals surface area contributed by atoms with Crippen LogP contribution in [0.15, 0.2) is 18.2 Å². The smallest absolute Gasteiger partial charge is 0.269 e. The highest BCUT2D eigenvalue weighted by Crippen LogP contribution is 2.19. The van der Waals surface area contributed by atoms with Gasteiger partial charge in [-0.05, 0) is 37.3 Å². The van der Waals surface area contributed by atoms with E-state index < -0.39 is 4.92 Å². The van der Waals surface area contributed by atoms with Gasteiger partial charge in [-0.15, -0.1) is 0 Å². The molecular formula is C16H24N2O3. The molecule has 1 aliphatic rings. The van der Waals surface area contributed by atoms with Gasteiger partial charge < -0.3 is 4.90 Å². The Morgan fingerprint density at radius 1 is 1.24 bits per heavy atom. The number of carbonyl (C=O) groups excluding carboxylic acids is 1. The Balaban J connectivity index is 0.00000106. The van der Waals surface area contributed by atoms with Crippen molar-refractivity contribution in [3.63, 3.8) is 0 Å². The van der Waals surface area contributed by atoms with E-state index in [1.54, 1.807) is 6.07 Å². The van der Waals surface area contributed by atoms with Crippen molar-refractivity contribution in [1.82, 2.24) is 4.90 Å². The third-order valence-electron chi connectivity index (χ3n) is 3.59. The van der Waals surface area contributed by atoms with E-state index in [0.29, 0.717) is 6.42 Å². The second-order valence-corrected chi connectivity index (χ2v) is 4.99. The quantitative estimate of drug-likeness (QED) is 0.633. The summed E-state index contributed by atoms with van der Waals surface area (Å²) in [5.41, 5.74) is 1.76. The molecule has 1 amide bonds. The molecule has 0 aromatic heterocycles. The van der Waals surface area contributed by atoms with E-state index >= 15 is 0 Å². The van der Waals surface area contributed by atoms with E-state index in [0.717, 1.165) is 37.1 Å². The van der Waals surface area contributed by atoms with E-state index in [2.05, 4.69) is 0 Å². The third-order valence-corrected chi connectivity index (χ3v) is 3.59. The summed E-state index contributed by atoms with van der Waals surface area (Å²) in [5, 5.41) is 10.7. The molecule has 0 bridgehead atoms. The van der Waals surface area contributed by atoms with Crippen LogP contribution in [0.25, 0.3) is 0 Å². The zero-order valence-electron chi connectivity index (χ0n) is 13.1. The minimum Gasteiger partial charge on any atom is -0.342 e. The molecule has 116 valence electrons. The van der Waals surface area contributed by atoms with Crippen molar-refractivity contribution in [1.29, 1.82) is 0 Å². The number of likely N-dealkylation sites (tertiary alicyclic amines) is 1. The molecule has 0 atom stereocenters. The standard InChI is InChI=1S/C14H18N2O3.C2H6/c1-11-9-13(16(18)19)6-5-12(11)10-14(17)15-7-3-2-4-8-15;1-2/h5-6,9H,2-4,7-8,10H2,1H3;1-2H3. The molecule has 2 rings (SSSR count). The van der Waals surface area contributed by atoms with Crippen molar-refractivity contribution < 1.29 is 9.72 Å². The maximum absolute atomic E-state index is 12.1. The van der Waals surface area contributed by atoms with Gasteiger partial charge in [-0.3, -0.25) is 14.9 Å². The van der Waals surface area contributed by atoms with Crippen molar-refractivity contribution in [3.8, 4) is 0 Å². The van der Waals surface area contributed by atoms with Gasteiger partial charge in [-0.25, -0.2) is 0 Å². The van der Waals surface area contributed by atoms with Crippen LogP contribution < -0.4 is 0 Å². The fourth-order valence-electron chi connectivity index (χ4n) is 2.41. The van der Waals surface area contributed by atoms with E-state index in [1.807, 2.05) is 25.7 Å². The normalized spacial score (nSPS) is 14.1. The first-order chi connectivity index (χ1) is 10.1. The molecule has 0 unspecified atom stereocenters. The summed E-state index contributed by atoms with van der Waals surface area (Å²) in [7, 11) is 0. The van der Waals surface area contributed by atoms with Crippen molar-refractivity contribution in [2.24, 2.45) is 0 Å². The number of nitro groups is 1. The van der Waals surface area contributed by atoms with Crippen LogP contribution in [0.2, 0.25) is 0 Å². The lowest BCUT2D eigenvalue weighted by Crippen LogP contribution is -2.36. The zero-order chi connectivity index (χ0) is 15.8. The van der Waals surface area contributed by atoms with Crippen molar-refractivity contribution >= 4 is 11.6 Å². The second kappa shape index (κ2) is 8.39. The SMILES string of the molecule is CC.Cc1cc([N+](=O)[O-])ccc1CC(=O)N1CCCCC1. The molecule has 0 N–H and O–H groups in total. The van der Waals surface area contributed by atoms with Crippen molar-refractivity contribution in [2.75, 3.05) is 13.1 Å². The molecule has 1 aromatic rings. The summed E-state index contributed by atoms with van der Waals surface area (Å²) in [6, 6.07) is 4.68. The van der Waals surface area contributed by atoms with Gasteiger partial charge in [0.15, 0.2) is 0 Å². The van der Waals surface area contributed by atoms with Gasteiger partial charge in [0.1, 0.15) is 0 Å². The molecule has 1 heterocycles. The third kappa shape index (κ3) is 4.85. The van der Waals surface area contributed by atoms with E-state index in [-0.39, 0.29) is 11.6 Å². The average Bonchev–Trinajstić information content (AvgIpc) is 2.52. The van der Waals surface area contributed by atoms with Gasteiger partial charge in [-0.1, -0.05) is 19.9 Å². The van der Waals surface area contributed by atoms with Crippen LogP contribution in [0.1, 0.15) is 44.2 Å². The van der Waals surface area contributed by atoms with E-state index in [1.165, 1.54) is 18.6 Å². The van der Waals surface area contributed by atoms with Gasteiger partial charge in [0.05, 0.1) is 11.3 Å². The summed E-state index contributed by atoms with van der Waals surface area (Å²) in [6.45, 7) is 7.49. The molecule has 1 fully saturated rings. The van der Waals surface area contributed by atoms with Crippen molar-refractivity contribution in [3.05, 3.63) is 39.4 Å². The molecule has 0 radical (unpaired) electrons. The molecule has 1 aliphatic heterocycles. The number of piperidine rings is 1. The molecule has 21 heavy (non-hydrogen) atoms. The molecule has 1 saturated heterocycles. The number of benzene rings is 1. The summed E-state index contributed by atoms with van der Waals surface area (Å²) in [6.07, 6.45) is 3.68. The molecule has 1 aromatic carbocycles. The fourth-order valence-corrected chi connectivity index (χ4v) is 2.41. The Kier molecular flexibility index (Phi) is 6.85. The second-order valence-electron chi connectivity index (χ2n) is 4.99. The number of non-ortho nitro benzene ring substituents is 1. The largest absolute Gasteiger partial charge is 0.342 e. The predicted molar refractivity (Wildman–Crippen MR) is 83.3 cm³/mol. The van der Waals surface area contributed by atoms with Gasteiger partial charge >= 0.3 is 0 Å². The van der Waals surface area contributed by atoms with Crippen LogP contribution in [0.3, 0.4) is 0 Å². The van der Waals surface area contributed by atoms with Gasteiger partial charge in [0.25, 0.3) is 5.69 Å². The minimum absolute atomic E-state index is 0.0756. The molecule has 5 nitrogen and oxygen atoms in total. The van der Waals surface area contributed by atoms with Crippen LogP contribution in [0, 0.1) is 17.0 Å². The number of hydrogen-bond acceptors (Lipinski definition) is 3. The summed E-state index contributed by atoms with van der Waals surface area (Å²) in [5.74, 6) is 0.122. The van der Waals surface area contributed by atoms with Crippen molar-refractivity contribution in [2.45, 2.75) is 46.5 Å². The number of amides is 1. The Morgan fingerprint density at radius 3 is 2.38 bits per heavy atom. The van der Waals surface area contributed by atoms with Gasteiger partial charge in [0.2, 0.25) is 5.91 Å². The van der Waals surface area contributed by atoms with Gasteiger partial charge in [0, 0.05) is 25.2 Å².